The highest BCUT2D eigenvalue weighted by Crippen LogP contribution is 2.32. The lowest BCUT2D eigenvalue weighted by Crippen LogP contribution is -2.24. The largest absolute Gasteiger partial charge is 0.454 e. The Morgan fingerprint density at radius 2 is 2.23 bits per heavy atom. The third-order valence-electron chi connectivity index (χ3n) is 3.64. The van der Waals surface area contributed by atoms with Gasteiger partial charge in [0.2, 0.25) is 17.9 Å². The molecule has 1 aromatic carbocycles. The molecule has 1 amide bonds. The summed E-state index contributed by atoms with van der Waals surface area (Å²) in [6.07, 6.45) is 0. The number of nitrogens with zero attached hydrogens (tertiary/aromatic N) is 4. The fourth-order valence-electron chi connectivity index (χ4n) is 2.38. The molecule has 0 fully saturated rings. The van der Waals surface area contributed by atoms with Crippen molar-refractivity contribution < 1.29 is 14.3 Å². The Balaban J connectivity index is 1.27. The molecule has 26 heavy (non-hydrogen) atoms. The molecule has 0 bridgehead atoms. The van der Waals surface area contributed by atoms with Gasteiger partial charge in [-0.2, -0.15) is 0 Å². The van der Waals surface area contributed by atoms with Crippen LogP contribution in [0.1, 0.15) is 10.4 Å². The average molecular weight is 389 g/mol. The maximum Gasteiger partial charge on any atom is 0.231 e. The molecule has 10 heteroatoms. The van der Waals surface area contributed by atoms with Crippen LogP contribution in [-0.2, 0) is 17.9 Å². The number of benzene rings is 1. The number of aromatic nitrogens is 4. The lowest BCUT2D eigenvalue weighted by molar-refractivity contribution is -0.118. The Morgan fingerprint density at radius 1 is 1.31 bits per heavy atom. The van der Waals surface area contributed by atoms with E-state index in [0.717, 1.165) is 16.2 Å². The normalized spacial score (nSPS) is 12.3. The van der Waals surface area contributed by atoms with E-state index in [2.05, 4.69) is 20.8 Å². The van der Waals surface area contributed by atoms with Crippen LogP contribution < -0.4 is 14.8 Å². The van der Waals surface area contributed by atoms with Crippen LogP contribution in [0.25, 0.3) is 0 Å². The van der Waals surface area contributed by atoms with E-state index < -0.39 is 0 Å². The number of carbonyl (C=O) groups excluding carboxylic acids is 1. The Morgan fingerprint density at radius 3 is 3.12 bits per heavy atom. The lowest BCUT2D eigenvalue weighted by atomic mass is 10.2. The first-order chi connectivity index (χ1) is 12.8. The van der Waals surface area contributed by atoms with Crippen molar-refractivity contribution in [3.05, 3.63) is 46.2 Å². The zero-order valence-corrected chi connectivity index (χ0v) is 15.3. The third-order valence-corrected chi connectivity index (χ3v) is 5.46. The minimum atomic E-state index is -0.0849. The summed E-state index contributed by atoms with van der Waals surface area (Å²) in [5.41, 5.74) is 0.954. The first-order valence-corrected chi connectivity index (χ1v) is 9.71. The van der Waals surface area contributed by atoms with Crippen LogP contribution in [0.15, 0.2) is 40.9 Å². The summed E-state index contributed by atoms with van der Waals surface area (Å²) in [5, 5.41) is 17.2. The third kappa shape index (κ3) is 3.97. The Kier molecular flexibility index (Phi) is 5.02. The minimum Gasteiger partial charge on any atom is -0.454 e. The van der Waals surface area contributed by atoms with Gasteiger partial charge in [-0.15, -0.1) is 16.4 Å². The lowest BCUT2D eigenvalue weighted by Gasteiger charge is -2.06. The molecule has 0 unspecified atom stereocenters. The second-order valence-electron chi connectivity index (χ2n) is 5.45. The molecule has 0 saturated heterocycles. The molecule has 0 atom stereocenters. The van der Waals surface area contributed by atoms with Gasteiger partial charge in [0.25, 0.3) is 0 Å². The summed E-state index contributed by atoms with van der Waals surface area (Å²) >= 11 is 2.96. The molecule has 134 valence electrons. The van der Waals surface area contributed by atoms with Gasteiger partial charge in [-0.25, -0.2) is 4.68 Å². The number of thioether (sulfide) groups is 1. The summed E-state index contributed by atoms with van der Waals surface area (Å²) in [5.74, 6) is 1.60. The minimum absolute atomic E-state index is 0.0849. The number of tetrazole rings is 1. The molecule has 0 radical (unpaired) electrons. The molecule has 1 aliphatic rings. The number of hydrogen-bond donors (Lipinski definition) is 1. The zero-order valence-electron chi connectivity index (χ0n) is 13.6. The molecule has 0 spiro atoms. The van der Waals surface area contributed by atoms with E-state index >= 15 is 0 Å². The monoisotopic (exact) mass is 389 g/mol. The maximum atomic E-state index is 12.1. The molecule has 1 aliphatic heterocycles. The molecule has 4 rings (SSSR count). The van der Waals surface area contributed by atoms with Gasteiger partial charge in [0.1, 0.15) is 0 Å². The predicted octanol–water partition coefficient (Wildman–Crippen LogP) is 1.92. The van der Waals surface area contributed by atoms with Gasteiger partial charge in [0.05, 0.1) is 12.3 Å². The number of hydrogen-bond acceptors (Lipinski definition) is 8. The topological polar surface area (TPSA) is 91.2 Å². The van der Waals surface area contributed by atoms with E-state index in [9.17, 15) is 4.79 Å². The van der Waals surface area contributed by atoms with Gasteiger partial charge in [-0.05, 0) is 39.6 Å². The van der Waals surface area contributed by atoms with Crippen molar-refractivity contribution in [2.24, 2.45) is 0 Å². The Bertz CT molecular complexity index is 897. The molecule has 3 aromatic rings. The number of carbonyl (C=O) groups is 1. The second kappa shape index (κ2) is 7.75. The van der Waals surface area contributed by atoms with Gasteiger partial charge in [-0.1, -0.05) is 23.9 Å². The highest BCUT2D eigenvalue weighted by Gasteiger charge is 2.14. The molecule has 8 nitrogen and oxygen atoms in total. The van der Waals surface area contributed by atoms with Crippen LogP contribution in [0.5, 0.6) is 11.5 Å². The predicted molar refractivity (Wildman–Crippen MR) is 96.4 cm³/mol. The van der Waals surface area contributed by atoms with E-state index in [1.54, 1.807) is 16.0 Å². The standard InChI is InChI=1S/C16H15N5O3S2/c22-15(17-7-11-3-4-13-14(6-11)24-10-23-13)9-26-16-18-19-20-21(16)8-12-2-1-5-25-12/h1-6H,7-10H2,(H,17,22). The van der Waals surface area contributed by atoms with Crippen molar-refractivity contribution >= 4 is 29.0 Å². The van der Waals surface area contributed by atoms with Crippen LogP contribution in [0.2, 0.25) is 0 Å². The van der Waals surface area contributed by atoms with Crippen molar-refractivity contribution in [2.75, 3.05) is 12.5 Å². The summed E-state index contributed by atoms with van der Waals surface area (Å²) in [4.78, 5) is 13.3. The molecular weight excluding hydrogens is 374 g/mol. The van der Waals surface area contributed by atoms with Gasteiger partial charge in [0, 0.05) is 11.4 Å². The van der Waals surface area contributed by atoms with Crippen LogP contribution in [0.4, 0.5) is 0 Å². The van der Waals surface area contributed by atoms with Crippen molar-refractivity contribution in [3.8, 4) is 11.5 Å². The molecule has 0 saturated carbocycles. The number of rotatable bonds is 7. The number of ether oxygens (including phenoxy) is 2. The fraction of sp³-hybridized carbons (Fsp3) is 0.250. The first-order valence-electron chi connectivity index (χ1n) is 7.84. The number of thiophene rings is 1. The number of fused-ring (bicyclic) bond motifs is 1. The van der Waals surface area contributed by atoms with Crippen LogP contribution in [-0.4, -0.2) is 38.7 Å². The van der Waals surface area contributed by atoms with Crippen molar-refractivity contribution in [2.45, 2.75) is 18.2 Å². The molecule has 1 N–H and O–H groups in total. The summed E-state index contributed by atoms with van der Waals surface area (Å²) < 4.78 is 12.3. The van der Waals surface area contributed by atoms with E-state index in [1.807, 2.05) is 35.7 Å². The SMILES string of the molecule is O=C(CSc1nnnn1Cc1cccs1)NCc1ccc2c(c1)OCO2. The van der Waals surface area contributed by atoms with Crippen molar-refractivity contribution in [1.29, 1.82) is 0 Å². The van der Waals surface area contributed by atoms with Crippen LogP contribution in [0.3, 0.4) is 0 Å². The Labute approximate surface area is 157 Å². The van der Waals surface area contributed by atoms with Gasteiger partial charge in [-0.3, -0.25) is 4.79 Å². The first kappa shape index (κ1) is 16.9. The number of amides is 1. The maximum absolute atomic E-state index is 12.1. The van der Waals surface area contributed by atoms with E-state index in [1.165, 1.54) is 11.8 Å². The zero-order chi connectivity index (χ0) is 17.8. The highest BCUT2D eigenvalue weighted by atomic mass is 32.2. The van der Waals surface area contributed by atoms with Crippen LogP contribution in [0, 0.1) is 0 Å². The second-order valence-corrected chi connectivity index (χ2v) is 7.43. The van der Waals surface area contributed by atoms with E-state index in [4.69, 9.17) is 9.47 Å². The summed E-state index contributed by atoms with van der Waals surface area (Å²) in [7, 11) is 0. The van der Waals surface area contributed by atoms with Crippen LogP contribution >= 0.6 is 23.1 Å². The molecule has 3 heterocycles. The van der Waals surface area contributed by atoms with Crippen molar-refractivity contribution in [1.82, 2.24) is 25.5 Å². The number of nitrogens with one attached hydrogen (secondary N) is 1. The average Bonchev–Trinajstić information content (AvgIpc) is 3.40. The Hall–Kier alpha value is -2.59. The summed E-state index contributed by atoms with van der Waals surface area (Å²) in [6.45, 7) is 1.27. The molecular formula is C16H15N5O3S2. The smallest absolute Gasteiger partial charge is 0.231 e. The molecule has 2 aromatic heterocycles. The van der Waals surface area contributed by atoms with Gasteiger partial charge >= 0.3 is 0 Å². The van der Waals surface area contributed by atoms with E-state index in [0.29, 0.717) is 24.0 Å². The summed E-state index contributed by atoms with van der Waals surface area (Å²) in [6, 6.07) is 9.64. The highest BCUT2D eigenvalue weighted by molar-refractivity contribution is 7.99. The van der Waals surface area contributed by atoms with E-state index in [-0.39, 0.29) is 18.5 Å². The molecule has 0 aliphatic carbocycles. The quantitative estimate of drug-likeness (QED) is 0.617. The fourth-order valence-corrected chi connectivity index (χ4v) is 3.77. The van der Waals surface area contributed by atoms with Gasteiger partial charge in [0.15, 0.2) is 11.5 Å². The van der Waals surface area contributed by atoms with Gasteiger partial charge < -0.3 is 14.8 Å². The van der Waals surface area contributed by atoms with Crippen molar-refractivity contribution in [3.63, 3.8) is 0 Å².